The molecule has 0 bridgehead atoms. The lowest BCUT2D eigenvalue weighted by Gasteiger charge is -2.21. The van der Waals surface area contributed by atoms with Crippen LogP contribution in [0.4, 0.5) is 11.6 Å². The lowest BCUT2D eigenvalue weighted by Crippen LogP contribution is -2.30. The number of hydrogen-bond acceptors (Lipinski definition) is 6. The fraction of sp³-hybridized carbons (Fsp3) is 0.250. The van der Waals surface area contributed by atoms with Gasteiger partial charge >= 0.3 is 0 Å². The van der Waals surface area contributed by atoms with Gasteiger partial charge < -0.3 is 15.5 Å². The number of pyridine rings is 2. The number of benzene rings is 1. The van der Waals surface area contributed by atoms with Crippen molar-refractivity contribution in [3.05, 3.63) is 60.3 Å². The minimum absolute atomic E-state index is 0.150. The first-order valence-electron chi connectivity index (χ1n) is 10.8. The number of amides is 1. The molecule has 1 saturated heterocycles. The predicted octanol–water partition coefficient (Wildman–Crippen LogP) is 3.47. The smallest absolute Gasteiger partial charge is 0.224 e. The Bertz CT molecular complexity index is 1320. The van der Waals surface area contributed by atoms with E-state index in [1.54, 1.807) is 11.1 Å². The van der Waals surface area contributed by atoms with Crippen LogP contribution in [0, 0.1) is 0 Å². The zero-order chi connectivity index (χ0) is 22.9. The van der Waals surface area contributed by atoms with E-state index in [4.69, 9.17) is 27.3 Å². The quantitative estimate of drug-likeness (QED) is 0.468. The van der Waals surface area contributed by atoms with Gasteiger partial charge in [0, 0.05) is 50.9 Å². The van der Waals surface area contributed by atoms with E-state index in [9.17, 15) is 4.79 Å². The largest absolute Gasteiger partial charge is 0.383 e. The molecule has 0 aliphatic carbocycles. The Morgan fingerprint density at radius 2 is 1.85 bits per heavy atom. The number of aromatic nitrogens is 4. The summed E-state index contributed by atoms with van der Waals surface area (Å²) in [6.45, 7) is 2.01. The Morgan fingerprint density at radius 1 is 1.03 bits per heavy atom. The first kappa shape index (κ1) is 21.2. The van der Waals surface area contributed by atoms with E-state index in [-0.39, 0.29) is 5.91 Å². The predicted molar refractivity (Wildman–Crippen MR) is 131 cm³/mol. The molecule has 3 aromatic heterocycles. The van der Waals surface area contributed by atoms with Crippen LogP contribution in [0.25, 0.3) is 28.2 Å². The molecule has 0 radical (unpaired) electrons. The summed E-state index contributed by atoms with van der Waals surface area (Å²) < 4.78 is 2.00. The maximum absolute atomic E-state index is 12.1. The summed E-state index contributed by atoms with van der Waals surface area (Å²) in [5.74, 6) is 2.48. The number of alkyl halides is 1. The van der Waals surface area contributed by atoms with E-state index in [1.165, 1.54) is 0 Å². The minimum Gasteiger partial charge on any atom is -0.383 e. The van der Waals surface area contributed by atoms with Crippen LogP contribution in [0.5, 0.6) is 0 Å². The zero-order valence-corrected chi connectivity index (χ0v) is 19.0. The van der Waals surface area contributed by atoms with Gasteiger partial charge in [-0.1, -0.05) is 12.1 Å². The van der Waals surface area contributed by atoms with Crippen molar-refractivity contribution >= 4 is 40.3 Å². The molecule has 9 heteroatoms. The number of carbonyl (C=O) groups is 1. The molecule has 1 aliphatic heterocycles. The lowest BCUT2D eigenvalue weighted by atomic mass is 10.2. The van der Waals surface area contributed by atoms with Crippen molar-refractivity contribution in [3.63, 3.8) is 0 Å². The number of likely N-dealkylation sites (N-methyl/N-ethyl adjacent to an activating group) is 1. The molecular weight excluding hydrogens is 438 g/mol. The third-order valence-electron chi connectivity index (χ3n) is 5.97. The third-order valence-corrected chi connectivity index (χ3v) is 6.28. The Labute approximate surface area is 196 Å². The maximum Gasteiger partial charge on any atom is 0.224 e. The number of fused-ring (bicyclic) bond motifs is 1. The number of carbonyl (C=O) groups excluding carboxylic acids is 1. The molecule has 0 spiro atoms. The monoisotopic (exact) mass is 461 g/mol. The summed E-state index contributed by atoms with van der Waals surface area (Å²) in [6.07, 6.45) is 2.13. The molecule has 0 saturated carbocycles. The van der Waals surface area contributed by atoms with E-state index < -0.39 is 0 Å². The van der Waals surface area contributed by atoms with Crippen LogP contribution in [0.2, 0.25) is 0 Å². The van der Waals surface area contributed by atoms with E-state index in [1.807, 2.05) is 60.1 Å². The fourth-order valence-electron chi connectivity index (χ4n) is 4.05. The summed E-state index contributed by atoms with van der Waals surface area (Å²) in [5, 5.41) is 0. The fourth-order valence-corrected chi connectivity index (χ4v) is 4.23. The molecule has 2 N–H and O–H groups in total. The van der Waals surface area contributed by atoms with Crippen LogP contribution in [0.1, 0.15) is 12.0 Å². The minimum atomic E-state index is 0.150. The van der Waals surface area contributed by atoms with Gasteiger partial charge in [-0.05, 0) is 42.0 Å². The molecular formula is C24H24ClN7O. The van der Waals surface area contributed by atoms with Gasteiger partial charge in [-0.3, -0.25) is 9.36 Å². The molecule has 0 unspecified atom stereocenters. The average molecular weight is 462 g/mol. The first-order valence-corrected chi connectivity index (χ1v) is 11.3. The number of nitrogens with two attached hydrogens (primary N) is 1. The van der Waals surface area contributed by atoms with Crippen LogP contribution in [0.15, 0.2) is 54.7 Å². The molecule has 5 rings (SSSR count). The topological polar surface area (TPSA) is 93.2 Å². The van der Waals surface area contributed by atoms with Gasteiger partial charge in [-0.15, -0.1) is 11.6 Å². The highest BCUT2D eigenvalue weighted by molar-refractivity contribution is 6.17. The molecule has 1 aliphatic rings. The second-order valence-corrected chi connectivity index (χ2v) is 8.34. The summed E-state index contributed by atoms with van der Waals surface area (Å²) >= 11 is 6.00. The number of imidazole rings is 1. The van der Waals surface area contributed by atoms with Gasteiger partial charge in [0.15, 0.2) is 11.5 Å². The van der Waals surface area contributed by atoms with Gasteiger partial charge in [0.25, 0.3) is 0 Å². The number of anilines is 2. The van der Waals surface area contributed by atoms with Crippen molar-refractivity contribution in [3.8, 4) is 17.1 Å². The number of rotatable bonds is 4. The number of halogens is 1. The van der Waals surface area contributed by atoms with Crippen LogP contribution in [-0.4, -0.2) is 57.0 Å². The average Bonchev–Trinajstić information content (AvgIpc) is 3.13. The van der Waals surface area contributed by atoms with Crippen molar-refractivity contribution in [2.75, 3.05) is 37.3 Å². The van der Waals surface area contributed by atoms with Gasteiger partial charge in [-0.25, -0.2) is 15.0 Å². The van der Waals surface area contributed by atoms with E-state index in [2.05, 4.69) is 9.88 Å². The van der Waals surface area contributed by atoms with Gasteiger partial charge in [0.1, 0.15) is 17.2 Å². The zero-order valence-electron chi connectivity index (χ0n) is 18.3. The highest BCUT2D eigenvalue weighted by Gasteiger charge is 2.22. The Hall–Kier alpha value is -3.65. The maximum atomic E-state index is 12.1. The van der Waals surface area contributed by atoms with Crippen molar-refractivity contribution in [1.82, 2.24) is 24.4 Å². The second-order valence-electron chi connectivity index (χ2n) is 8.07. The van der Waals surface area contributed by atoms with E-state index in [0.29, 0.717) is 42.7 Å². The van der Waals surface area contributed by atoms with Crippen molar-refractivity contribution in [2.24, 2.45) is 0 Å². The van der Waals surface area contributed by atoms with Crippen molar-refractivity contribution in [2.45, 2.75) is 12.3 Å². The molecule has 4 aromatic rings. The van der Waals surface area contributed by atoms with Gasteiger partial charge in [0.05, 0.1) is 5.56 Å². The summed E-state index contributed by atoms with van der Waals surface area (Å²) in [5.41, 5.74) is 10.3. The Kier molecular flexibility index (Phi) is 5.60. The van der Waals surface area contributed by atoms with Gasteiger partial charge in [-0.2, -0.15) is 0 Å². The Morgan fingerprint density at radius 3 is 2.61 bits per heavy atom. The normalized spacial score (nSPS) is 14.7. The molecule has 1 fully saturated rings. The summed E-state index contributed by atoms with van der Waals surface area (Å²) in [4.78, 5) is 30.1. The molecule has 8 nitrogen and oxygen atoms in total. The number of nitrogen functional groups attached to an aromatic ring is 1. The number of nitrogens with zero attached hydrogens (tertiary/aromatic N) is 6. The highest BCUT2D eigenvalue weighted by atomic mass is 35.5. The molecule has 168 valence electrons. The van der Waals surface area contributed by atoms with Crippen LogP contribution in [0.3, 0.4) is 0 Å². The van der Waals surface area contributed by atoms with E-state index in [0.717, 1.165) is 34.7 Å². The van der Waals surface area contributed by atoms with Gasteiger partial charge in [0.2, 0.25) is 5.91 Å². The van der Waals surface area contributed by atoms with Crippen molar-refractivity contribution in [1.29, 1.82) is 0 Å². The van der Waals surface area contributed by atoms with Crippen LogP contribution >= 0.6 is 11.6 Å². The summed E-state index contributed by atoms with van der Waals surface area (Å²) in [7, 11) is 1.84. The first-order chi connectivity index (χ1) is 16.0. The highest BCUT2D eigenvalue weighted by Crippen LogP contribution is 2.31. The molecule has 33 heavy (non-hydrogen) atoms. The molecule has 4 heterocycles. The van der Waals surface area contributed by atoms with Crippen LogP contribution in [-0.2, 0) is 10.7 Å². The number of hydrogen-bond donors (Lipinski definition) is 1. The molecule has 1 aromatic carbocycles. The second kappa shape index (κ2) is 8.71. The lowest BCUT2D eigenvalue weighted by molar-refractivity contribution is -0.129. The summed E-state index contributed by atoms with van der Waals surface area (Å²) in [6, 6.07) is 15.7. The molecule has 1 amide bonds. The Balaban J connectivity index is 1.67. The third kappa shape index (κ3) is 3.98. The van der Waals surface area contributed by atoms with E-state index >= 15 is 0 Å². The SMILES string of the molecule is CN1CCN(c2ccc3nc(-c4cccnc4N)n(-c4ccc(CCl)cc4)c3n2)CCC1=O. The molecule has 0 atom stereocenters. The van der Waals surface area contributed by atoms with Crippen LogP contribution < -0.4 is 10.6 Å². The standard InChI is InChI=1S/C24H24ClN7O/c1-30-13-14-31(12-10-21(30)33)20-9-8-19-24(29-20)32(17-6-4-16(15-25)5-7-17)23(28-19)18-3-2-11-27-22(18)26/h2-9,11H,10,12-15H2,1H3,(H2,26,27). The van der Waals surface area contributed by atoms with Crippen molar-refractivity contribution < 1.29 is 4.79 Å².